The van der Waals surface area contributed by atoms with E-state index < -0.39 is 0 Å². The van der Waals surface area contributed by atoms with Gasteiger partial charge >= 0.3 is 24.4 Å². The molecule has 0 aromatic carbocycles. The first-order valence-electron chi connectivity index (χ1n) is 28.7. The zero-order chi connectivity index (χ0) is 50.6. The van der Waals surface area contributed by atoms with Crippen molar-refractivity contribution in [2.45, 2.75) is 231 Å². The molecule has 6 rings (SSSR count). The Kier molecular flexibility index (Phi) is 23.9. The molecule has 6 fully saturated rings. The molecule has 4 aliphatic carbocycles. The fourth-order valence-electron chi connectivity index (χ4n) is 11.7. The number of hydrogen-bond acceptors (Lipinski definition) is 12. The van der Waals surface area contributed by atoms with Crippen molar-refractivity contribution in [2.75, 3.05) is 65.8 Å². The van der Waals surface area contributed by atoms with E-state index in [0.717, 1.165) is 142 Å². The summed E-state index contributed by atoms with van der Waals surface area (Å²) in [6.45, 7) is 18.5. The highest BCUT2D eigenvalue weighted by atomic mass is 16.6. The maximum absolute atomic E-state index is 13.3. The number of carbonyl (C=O) groups is 4. The topological polar surface area (TPSA) is 178 Å². The fraction of sp³-hybridized carbons (Fsp3) is 0.927. The quantitative estimate of drug-likeness (QED) is 0.0332. The molecule has 2 aliphatic heterocycles. The van der Waals surface area contributed by atoms with Crippen LogP contribution in [0.2, 0.25) is 0 Å². The number of nitrogens with zero attached hydrogens (tertiary/aromatic N) is 2. The summed E-state index contributed by atoms with van der Waals surface area (Å²) in [5.74, 6) is 2.77. The first-order chi connectivity index (χ1) is 34.2. The van der Waals surface area contributed by atoms with E-state index >= 15 is 0 Å². The molecular weight excluding hydrogens is 905 g/mol. The highest BCUT2D eigenvalue weighted by Gasteiger charge is 2.36. The lowest BCUT2D eigenvalue weighted by Crippen LogP contribution is -2.42. The second kappa shape index (κ2) is 29.7. The van der Waals surface area contributed by atoms with Gasteiger partial charge in [0.15, 0.2) is 0 Å². The third-order valence-electron chi connectivity index (χ3n) is 16.5. The molecule has 71 heavy (non-hydrogen) atoms. The Labute approximate surface area is 427 Å². The third kappa shape index (κ3) is 22.1. The van der Waals surface area contributed by atoms with Crippen LogP contribution in [0, 0.1) is 29.1 Å². The van der Waals surface area contributed by atoms with Crippen molar-refractivity contribution in [2.24, 2.45) is 29.1 Å². The third-order valence-corrected chi connectivity index (χ3v) is 16.5. The van der Waals surface area contributed by atoms with Crippen LogP contribution >= 0.6 is 0 Å². The lowest BCUT2D eigenvalue weighted by molar-refractivity contribution is -0.0524. The van der Waals surface area contributed by atoms with Gasteiger partial charge in [0.05, 0.1) is 39.6 Å². The molecular formula is C55H98N6O10. The van der Waals surface area contributed by atoms with Crippen LogP contribution in [0.4, 0.5) is 19.2 Å². The van der Waals surface area contributed by atoms with Gasteiger partial charge in [0.2, 0.25) is 0 Å². The van der Waals surface area contributed by atoms with Crippen molar-refractivity contribution in [3.63, 3.8) is 0 Å². The number of hydrogen-bond donors (Lipinski definition) is 4. The van der Waals surface area contributed by atoms with E-state index in [-0.39, 0.29) is 66.2 Å². The van der Waals surface area contributed by atoms with Crippen molar-refractivity contribution >= 4 is 24.4 Å². The Morgan fingerprint density at radius 3 is 1.07 bits per heavy atom. The average Bonchev–Trinajstić information content (AvgIpc) is 4.24. The minimum Gasteiger partial charge on any atom is -0.450 e. The molecule has 0 aromatic rings. The molecule has 6 aliphatic rings. The number of amides is 4. The molecule has 2 heterocycles. The van der Waals surface area contributed by atoms with E-state index in [2.05, 4.69) is 72.6 Å². The van der Waals surface area contributed by atoms with Gasteiger partial charge in [-0.05, 0) is 166 Å². The van der Waals surface area contributed by atoms with E-state index in [1.165, 1.54) is 12.8 Å². The highest BCUT2D eigenvalue weighted by molar-refractivity contribution is 5.69. The Bertz CT molecular complexity index is 1460. The second-order valence-electron chi connectivity index (χ2n) is 23.8. The van der Waals surface area contributed by atoms with Gasteiger partial charge in [0.25, 0.3) is 0 Å². The van der Waals surface area contributed by atoms with E-state index in [9.17, 15) is 19.2 Å². The Morgan fingerprint density at radius 1 is 0.493 bits per heavy atom. The van der Waals surface area contributed by atoms with Crippen LogP contribution in [-0.2, 0) is 28.4 Å². The predicted octanol–water partition coefficient (Wildman–Crippen LogP) is 9.71. The number of alkyl carbamates (subject to hydrolysis) is 4. The number of carbonyl (C=O) groups excluding carboxylic acids is 4. The molecule has 6 atom stereocenters. The molecule has 4 amide bonds. The number of rotatable bonds is 28. The van der Waals surface area contributed by atoms with Crippen molar-refractivity contribution in [3.05, 3.63) is 0 Å². The lowest BCUT2D eigenvalue weighted by Gasteiger charge is -2.34. The maximum Gasteiger partial charge on any atom is 0.407 e. The van der Waals surface area contributed by atoms with Crippen LogP contribution in [0.5, 0.6) is 0 Å². The van der Waals surface area contributed by atoms with Crippen molar-refractivity contribution in [1.82, 2.24) is 31.1 Å². The molecule has 0 bridgehead atoms. The van der Waals surface area contributed by atoms with Crippen molar-refractivity contribution in [1.29, 1.82) is 0 Å². The standard InChI is InChI=1S/C55H98N6O10/c1-7-9-27-68-51(62)56-45-19-11-41(12-20-45)29-43-15-23-47(24-16-43)58-53(64)70-49(33-60-31-39(60)3)35-66-37-55(5,6)38-67-36-50(34-61-32-40(61)4)71-54(65)59-48-25-17-44(18-26-48)30-42-13-21-46(22-14-42)57-52(63)69-28-10-8-2/h39-50H,7-38H2,1-6H3,(H,56,62)(H,57,63)(H,58,64)(H,59,65). The number of ether oxygens (including phenoxy) is 6. The van der Waals surface area contributed by atoms with Gasteiger partial charge in [-0.3, -0.25) is 9.80 Å². The molecule has 0 aromatic heterocycles. The summed E-state index contributed by atoms with van der Waals surface area (Å²) >= 11 is 0. The molecule has 2 saturated heterocycles. The minimum atomic E-state index is -0.376. The summed E-state index contributed by atoms with van der Waals surface area (Å²) in [4.78, 5) is 55.3. The fourth-order valence-corrected chi connectivity index (χ4v) is 11.7. The molecule has 0 radical (unpaired) electrons. The Hall–Kier alpha value is -3.08. The molecule has 4 N–H and O–H groups in total. The zero-order valence-corrected chi connectivity index (χ0v) is 45.0. The van der Waals surface area contributed by atoms with Crippen LogP contribution in [0.1, 0.15) is 183 Å². The van der Waals surface area contributed by atoms with Gasteiger partial charge in [-0.25, -0.2) is 19.2 Å². The van der Waals surface area contributed by atoms with Crippen molar-refractivity contribution < 1.29 is 47.6 Å². The summed E-state index contributed by atoms with van der Waals surface area (Å²) in [6, 6.07) is 1.66. The van der Waals surface area contributed by atoms with E-state index in [1.807, 2.05) is 0 Å². The predicted molar refractivity (Wildman–Crippen MR) is 275 cm³/mol. The van der Waals surface area contributed by atoms with Gasteiger partial charge < -0.3 is 49.7 Å². The summed E-state index contributed by atoms with van der Waals surface area (Å²) in [5, 5.41) is 12.5. The van der Waals surface area contributed by atoms with Crippen LogP contribution in [-0.4, -0.2) is 148 Å². The van der Waals surface area contributed by atoms with Crippen LogP contribution < -0.4 is 21.3 Å². The minimum absolute atomic E-state index is 0.126. The SMILES string of the molecule is CCCCOC(=O)NC1CCC(CC2CCC(NC(=O)OC(COCC(C)(C)COCC(CN3CC3C)OC(=O)NC3CCC(CC4CCC(NC(=O)OCCCC)CC4)CC3)CN3CC3C)CC2)CC1. The van der Waals surface area contributed by atoms with Gasteiger partial charge in [0.1, 0.15) is 12.2 Å². The van der Waals surface area contributed by atoms with Gasteiger partial charge in [0, 0.05) is 67.8 Å². The summed E-state index contributed by atoms with van der Waals surface area (Å²) < 4.78 is 35.2. The summed E-state index contributed by atoms with van der Waals surface area (Å²) in [6.07, 6.45) is 21.3. The van der Waals surface area contributed by atoms with Gasteiger partial charge in [-0.1, -0.05) is 40.5 Å². The molecule has 16 nitrogen and oxygen atoms in total. The molecule has 6 unspecified atom stereocenters. The average molecular weight is 1000 g/mol. The lowest BCUT2D eigenvalue weighted by atomic mass is 9.76. The molecule has 16 heteroatoms. The second-order valence-corrected chi connectivity index (χ2v) is 23.8. The number of nitrogens with one attached hydrogen (secondary N) is 4. The van der Waals surface area contributed by atoms with Crippen molar-refractivity contribution in [3.8, 4) is 0 Å². The van der Waals surface area contributed by atoms with Gasteiger partial charge in [-0.15, -0.1) is 0 Å². The maximum atomic E-state index is 13.3. The number of unbranched alkanes of at least 4 members (excludes halogenated alkanes) is 2. The monoisotopic (exact) mass is 1000 g/mol. The van der Waals surface area contributed by atoms with Crippen LogP contribution in [0.15, 0.2) is 0 Å². The summed E-state index contributed by atoms with van der Waals surface area (Å²) in [7, 11) is 0. The van der Waals surface area contributed by atoms with E-state index in [1.54, 1.807) is 0 Å². The molecule has 0 spiro atoms. The zero-order valence-electron chi connectivity index (χ0n) is 45.0. The summed E-state index contributed by atoms with van der Waals surface area (Å²) in [5.41, 5.74) is -0.312. The molecule has 408 valence electrons. The Balaban J connectivity index is 0.825. The molecule has 4 saturated carbocycles. The normalized spacial score (nSPS) is 31.5. The highest BCUT2D eigenvalue weighted by Crippen LogP contribution is 2.37. The van der Waals surface area contributed by atoms with Crippen LogP contribution in [0.25, 0.3) is 0 Å². The smallest absolute Gasteiger partial charge is 0.407 e. The first kappa shape index (κ1) is 57.2. The largest absolute Gasteiger partial charge is 0.450 e. The first-order valence-corrected chi connectivity index (χ1v) is 28.7. The van der Waals surface area contributed by atoms with Crippen LogP contribution in [0.3, 0.4) is 0 Å². The Morgan fingerprint density at radius 2 is 0.789 bits per heavy atom. The van der Waals surface area contributed by atoms with E-state index in [0.29, 0.717) is 88.5 Å². The van der Waals surface area contributed by atoms with E-state index in [4.69, 9.17) is 28.4 Å². The van der Waals surface area contributed by atoms with Gasteiger partial charge in [-0.2, -0.15) is 0 Å².